The molecule has 0 heterocycles. The molecule has 3 aromatic rings. The number of carboxylic acid groups (broad SMARTS) is 1. The van der Waals surface area contributed by atoms with Gasteiger partial charge in [0.25, 0.3) is 0 Å². The van der Waals surface area contributed by atoms with Crippen molar-refractivity contribution < 1.29 is 19.4 Å². The Balaban J connectivity index is 1.73. The number of para-hydroxylation sites is 1. The summed E-state index contributed by atoms with van der Waals surface area (Å²) in [4.78, 5) is 10.8. The maximum absolute atomic E-state index is 10.8. The molecule has 0 aliphatic heterocycles. The van der Waals surface area contributed by atoms with E-state index >= 15 is 0 Å². The van der Waals surface area contributed by atoms with E-state index < -0.39 is 5.97 Å². The molecule has 154 valence electrons. The van der Waals surface area contributed by atoms with Crippen molar-refractivity contribution in [2.75, 3.05) is 13.2 Å². The third kappa shape index (κ3) is 6.46. The number of ether oxygens (including phenoxy) is 2. The lowest BCUT2D eigenvalue weighted by molar-refractivity contribution is -0.139. The molecule has 0 aromatic heterocycles. The average Bonchev–Trinajstić information content (AvgIpc) is 2.75. The smallest absolute Gasteiger partial charge is 0.341 e. The number of halogens is 2. The van der Waals surface area contributed by atoms with E-state index in [9.17, 15) is 4.79 Å². The number of benzene rings is 3. The molecule has 0 unspecified atom stereocenters. The Morgan fingerprint density at radius 2 is 1.60 bits per heavy atom. The molecule has 0 bridgehead atoms. The Kier molecular flexibility index (Phi) is 8.08. The summed E-state index contributed by atoms with van der Waals surface area (Å²) >= 11 is 9.51. The summed E-state index contributed by atoms with van der Waals surface area (Å²) in [6, 6.07) is 23.0. The summed E-state index contributed by atoms with van der Waals surface area (Å²) in [5, 5.41) is 9.50. The van der Waals surface area contributed by atoms with Crippen molar-refractivity contribution in [1.29, 1.82) is 0 Å². The Hall–Kier alpha value is -2.60. The van der Waals surface area contributed by atoms with Gasteiger partial charge in [0.05, 0.1) is 13.2 Å². The number of carbonyl (C=O) groups is 1. The van der Waals surface area contributed by atoms with Crippen LogP contribution in [0.2, 0.25) is 5.02 Å². The van der Waals surface area contributed by atoms with Crippen LogP contribution in [0.5, 0.6) is 5.75 Å². The molecule has 0 radical (unpaired) electrons. The minimum Gasteiger partial charge on any atom is -0.482 e. The van der Waals surface area contributed by atoms with E-state index in [0.29, 0.717) is 24.0 Å². The van der Waals surface area contributed by atoms with Crippen LogP contribution in [-0.2, 0) is 16.1 Å². The van der Waals surface area contributed by atoms with Gasteiger partial charge in [-0.05, 0) is 47.0 Å². The monoisotopic (exact) mass is 486 g/mol. The molecule has 1 N–H and O–H groups in total. The summed E-state index contributed by atoms with van der Waals surface area (Å²) < 4.78 is 12.2. The minimum absolute atomic E-state index is 0.306. The molecule has 0 aliphatic carbocycles. The molecule has 0 fully saturated rings. The van der Waals surface area contributed by atoms with Gasteiger partial charge in [-0.1, -0.05) is 76.1 Å². The highest BCUT2D eigenvalue weighted by Gasteiger charge is 2.07. The molecule has 3 aromatic carbocycles. The van der Waals surface area contributed by atoms with Gasteiger partial charge < -0.3 is 14.6 Å². The van der Waals surface area contributed by atoms with Crippen molar-refractivity contribution in [2.45, 2.75) is 6.61 Å². The van der Waals surface area contributed by atoms with E-state index in [1.807, 2.05) is 66.7 Å². The van der Waals surface area contributed by atoms with Crippen LogP contribution in [0.15, 0.2) is 83.3 Å². The van der Waals surface area contributed by atoms with Crippen molar-refractivity contribution >= 4 is 39.1 Å². The van der Waals surface area contributed by atoms with Crippen molar-refractivity contribution in [3.63, 3.8) is 0 Å². The van der Waals surface area contributed by atoms with Crippen LogP contribution in [-0.4, -0.2) is 24.3 Å². The van der Waals surface area contributed by atoms with Crippen LogP contribution in [0.3, 0.4) is 0 Å². The summed E-state index contributed by atoms with van der Waals surface area (Å²) in [5.74, 6) is -0.509. The molecule has 30 heavy (non-hydrogen) atoms. The van der Waals surface area contributed by atoms with Crippen molar-refractivity contribution in [3.05, 3.63) is 105 Å². The zero-order chi connectivity index (χ0) is 21.3. The van der Waals surface area contributed by atoms with Gasteiger partial charge in [-0.2, -0.15) is 0 Å². The lowest BCUT2D eigenvalue weighted by atomic mass is 9.98. The Morgan fingerprint density at radius 1 is 0.967 bits per heavy atom. The SMILES string of the molecule is O=C(O)COc1ccccc1COCC=C(c1ccc(Cl)cc1)c1ccc(Br)cc1. The molecule has 0 atom stereocenters. The second-order valence-corrected chi connectivity index (χ2v) is 7.79. The first-order valence-corrected chi connectivity index (χ1v) is 10.4. The number of hydrogen-bond acceptors (Lipinski definition) is 3. The van der Waals surface area contributed by atoms with Crippen molar-refractivity contribution in [1.82, 2.24) is 0 Å². The van der Waals surface area contributed by atoms with E-state index in [0.717, 1.165) is 26.7 Å². The first-order valence-electron chi connectivity index (χ1n) is 9.25. The van der Waals surface area contributed by atoms with Gasteiger partial charge in [0, 0.05) is 15.1 Å². The lowest BCUT2D eigenvalue weighted by Crippen LogP contribution is -2.10. The molecule has 0 spiro atoms. The van der Waals surface area contributed by atoms with E-state index in [1.54, 1.807) is 12.1 Å². The van der Waals surface area contributed by atoms with E-state index in [-0.39, 0.29) is 6.61 Å². The minimum atomic E-state index is -1.02. The van der Waals surface area contributed by atoms with Gasteiger partial charge in [-0.3, -0.25) is 0 Å². The van der Waals surface area contributed by atoms with Crippen LogP contribution >= 0.6 is 27.5 Å². The summed E-state index contributed by atoms with van der Waals surface area (Å²) in [7, 11) is 0. The van der Waals surface area contributed by atoms with E-state index in [1.165, 1.54) is 0 Å². The number of carboxylic acids is 1. The van der Waals surface area contributed by atoms with Crippen LogP contribution in [0.25, 0.3) is 5.57 Å². The highest BCUT2D eigenvalue weighted by atomic mass is 79.9. The fourth-order valence-electron chi connectivity index (χ4n) is 2.88. The first-order chi connectivity index (χ1) is 14.5. The lowest BCUT2D eigenvalue weighted by Gasteiger charge is -2.11. The Morgan fingerprint density at radius 3 is 2.27 bits per heavy atom. The molecule has 0 aliphatic rings. The maximum atomic E-state index is 10.8. The first kappa shape index (κ1) is 22.1. The molecular weight excluding hydrogens is 468 g/mol. The van der Waals surface area contributed by atoms with Gasteiger partial charge in [0.1, 0.15) is 5.75 Å². The second kappa shape index (κ2) is 11.0. The predicted molar refractivity (Wildman–Crippen MR) is 122 cm³/mol. The van der Waals surface area contributed by atoms with Gasteiger partial charge in [0.2, 0.25) is 0 Å². The normalized spacial score (nSPS) is 11.3. The number of aliphatic carboxylic acids is 1. The van der Waals surface area contributed by atoms with Gasteiger partial charge in [0.15, 0.2) is 6.61 Å². The highest BCUT2D eigenvalue weighted by Crippen LogP contribution is 2.26. The third-order valence-corrected chi connectivity index (χ3v) is 5.08. The zero-order valence-electron chi connectivity index (χ0n) is 16.1. The van der Waals surface area contributed by atoms with Crippen LogP contribution in [0, 0.1) is 0 Å². The van der Waals surface area contributed by atoms with Crippen LogP contribution in [0.1, 0.15) is 16.7 Å². The largest absolute Gasteiger partial charge is 0.482 e. The number of hydrogen-bond donors (Lipinski definition) is 1. The summed E-state index contributed by atoms with van der Waals surface area (Å²) in [6.07, 6.45) is 2.02. The highest BCUT2D eigenvalue weighted by molar-refractivity contribution is 9.10. The maximum Gasteiger partial charge on any atom is 0.341 e. The van der Waals surface area contributed by atoms with Crippen LogP contribution < -0.4 is 4.74 Å². The fourth-order valence-corrected chi connectivity index (χ4v) is 3.27. The number of rotatable bonds is 9. The zero-order valence-corrected chi connectivity index (χ0v) is 18.4. The molecular formula is C24H20BrClO4. The summed E-state index contributed by atoms with van der Waals surface area (Å²) in [5.41, 5.74) is 3.93. The summed E-state index contributed by atoms with van der Waals surface area (Å²) in [6.45, 7) is 0.295. The van der Waals surface area contributed by atoms with E-state index in [4.69, 9.17) is 26.2 Å². The second-order valence-electron chi connectivity index (χ2n) is 6.44. The molecule has 3 rings (SSSR count). The fraction of sp³-hybridized carbons (Fsp3) is 0.125. The Labute approximate surface area is 188 Å². The van der Waals surface area contributed by atoms with E-state index in [2.05, 4.69) is 15.9 Å². The van der Waals surface area contributed by atoms with Gasteiger partial charge >= 0.3 is 5.97 Å². The molecule has 6 heteroatoms. The topological polar surface area (TPSA) is 55.8 Å². The standard InChI is InChI=1S/C24H20BrClO4/c25-20-9-5-17(6-10-20)22(18-7-11-21(26)12-8-18)13-14-29-15-19-3-1-2-4-23(19)30-16-24(27)28/h1-13H,14-16H2,(H,27,28). The molecule has 0 saturated carbocycles. The van der Waals surface area contributed by atoms with Gasteiger partial charge in [-0.15, -0.1) is 0 Å². The van der Waals surface area contributed by atoms with Gasteiger partial charge in [-0.25, -0.2) is 4.79 Å². The molecule has 0 saturated heterocycles. The predicted octanol–water partition coefficient (Wildman–Crippen LogP) is 6.21. The average molecular weight is 488 g/mol. The molecule has 0 amide bonds. The molecule has 4 nitrogen and oxygen atoms in total. The third-order valence-electron chi connectivity index (χ3n) is 4.30. The van der Waals surface area contributed by atoms with Crippen molar-refractivity contribution in [2.24, 2.45) is 0 Å². The van der Waals surface area contributed by atoms with Crippen LogP contribution in [0.4, 0.5) is 0 Å². The quantitative estimate of drug-likeness (QED) is 0.364. The Bertz CT molecular complexity index is 967. The van der Waals surface area contributed by atoms with Crippen molar-refractivity contribution in [3.8, 4) is 5.75 Å².